The SMILES string of the molecule is CC(C)(C)OC(=O)N1CC(Sc2ccc(C=O)s2)C1. The predicted molar refractivity (Wildman–Crippen MR) is 77.2 cm³/mol. The maximum Gasteiger partial charge on any atom is 0.410 e. The number of likely N-dealkylation sites (tertiary alicyclic amines) is 1. The number of aldehydes is 1. The molecule has 1 aliphatic heterocycles. The molecule has 2 heterocycles. The molecule has 104 valence electrons. The Bertz CT molecular complexity index is 472. The van der Waals surface area contributed by atoms with Crippen LogP contribution < -0.4 is 0 Å². The zero-order valence-electron chi connectivity index (χ0n) is 11.2. The fourth-order valence-electron chi connectivity index (χ4n) is 1.61. The number of thioether (sulfide) groups is 1. The molecule has 19 heavy (non-hydrogen) atoms. The third kappa shape index (κ3) is 3.98. The number of carbonyl (C=O) groups excluding carboxylic acids is 2. The summed E-state index contributed by atoms with van der Waals surface area (Å²) in [6.45, 7) is 7.00. The van der Waals surface area contributed by atoms with E-state index in [1.165, 1.54) is 11.3 Å². The first-order chi connectivity index (χ1) is 8.87. The Morgan fingerprint density at radius 3 is 2.68 bits per heavy atom. The monoisotopic (exact) mass is 299 g/mol. The molecule has 0 spiro atoms. The lowest BCUT2D eigenvalue weighted by atomic mass is 10.2. The average molecular weight is 299 g/mol. The van der Waals surface area contributed by atoms with Crippen LogP contribution in [0.4, 0.5) is 4.79 Å². The van der Waals surface area contributed by atoms with Crippen molar-refractivity contribution in [3.05, 3.63) is 17.0 Å². The topological polar surface area (TPSA) is 46.6 Å². The summed E-state index contributed by atoms with van der Waals surface area (Å²) < 4.78 is 6.42. The summed E-state index contributed by atoms with van der Waals surface area (Å²) in [5, 5.41) is 0.394. The molecule has 0 aliphatic carbocycles. The Kier molecular flexibility index (Phi) is 4.20. The van der Waals surface area contributed by atoms with Gasteiger partial charge < -0.3 is 9.64 Å². The zero-order valence-corrected chi connectivity index (χ0v) is 12.8. The second kappa shape index (κ2) is 5.54. The lowest BCUT2D eigenvalue weighted by Gasteiger charge is -2.39. The molecule has 1 aromatic heterocycles. The molecule has 0 radical (unpaired) electrons. The summed E-state index contributed by atoms with van der Waals surface area (Å²) in [5.41, 5.74) is -0.443. The standard InChI is InChI=1S/C13H17NO3S2/c1-13(2,3)17-12(16)14-6-10(7-14)19-11-5-4-9(8-15)18-11/h4-5,8,10H,6-7H2,1-3H3. The minimum absolute atomic E-state index is 0.246. The normalized spacial score (nSPS) is 16.1. The van der Waals surface area contributed by atoms with Gasteiger partial charge >= 0.3 is 6.09 Å². The number of ether oxygens (including phenoxy) is 1. The second-order valence-electron chi connectivity index (χ2n) is 5.40. The predicted octanol–water partition coefficient (Wildman–Crippen LogP) is 3.27. The van der Waals surface area contributed by atoms with Crippen molar-refractivity contribution < 1.29 is 14.3 Å². The number of hydrogen-bond donors (Lipinski definition) is 0. The molecule has 0 saturated carbocycles. The van der Waals surface area contributed by atoms with Crippen molar-refractivity contribution >= 4 is 35.5 Å². The van der Waals surface area contributed by atoms with Gasteiger partial charge in [0.25, 0.3) is 0 Å². The molecule has 0 aromatic carbocycles. The number of carbonyl (C=O) groups is 2. The van der Waals surface area contributed by atoms with E-state index in [0.29, 0.717) is 18.3 Å². The fourth-order valence-corrected chi connectivity index (χ4v) is 4.04. The van der Waals surface area contributed by atoms with Crippen molar-refractivity contribution in [2.45, 2.75) is 35.8 Å². The smallest absolute Gasteiger partial charge is 0.410 e. The lowest BCUT2D eigenvalue weighted by molar-refractivity contribution is 0.0144. The number of amides is 1. The van der Waals surface area contributed by atoms with E-state index in [1.807, 2.05) is 32.9 Å². The van der Waals surface area contributed by atoms with Crippen LogP contribution in [0.25, 0.3) is 0 Å². The van der Waals surface area contributed by atoms with Gasteiger partial charge in [-0.15, -0.1) is 23.1 Å². The molecule has 0 bridgehead atoms. The molecular formula is C13H17NO3S2. The van der Waals surface area contributed by atoms with Crippen molar-refractivity contribution in [2.24, 2.45) is 0 Å². The maximum atomic E-state index is 11.7. The van der Waals surface area contributed by atoms with E-state index < -0.39 is 5.60 Å². The van der Waals surface area contributed by atoms with Crippen LogP contribution in [0.15, 0.2) is 16.3 Å². The van der Waals surface area contributed by atoms with Gasteiger partial charge in [-0.1, -0.05) is 0 Å². The molecule has 1 aromatic rings. The second-order valence-corrected chi connectivity index (χ2v) is 8.12. The van der Waals surface area contributed by atoms with Gasteiger partial charge in [-0.05, 0) is 32.9 Å². The lowest BCUT2D eigenvalue weighted by Crippen LogP contribution is -2.53. The van der Waals surface area contributed by atoms with Gasteiger partial charge in [0.2, 0.25) is 0 Å². The van der Waals surface area contributed by atoms with Crippen molar-refractivity contribution in [3.63, 3.8) is 0 Å². The minimum Gasteiger partial charge on any atom is -0.444 e. The third-order valence-corrected chi connectivity index (χ3v) is 4.84. The van der Waals surface area contributed by atoms with Gasteiger partial charge in [-0.2, -0.15) is 0 Å². The Morgan fingerprint density at radius 2 is 2.16 bits per heavy atom. The number of thiophene rings is 1. The summed E-state index contributed by atoms with van der Waals surface area (Å²) in [6.07, 6.45) is 0.617. The highest BCUT2D eigenvalue weighted by Crippen LogP contribution is 2.34. The Morgan fingerprint density at radius 1 is 1.47 bits per heavy atom. The minimum atomic E-state index is -0.443. The highest BCUT2D eigenvalue weighted by atomic mass is 32.2. The van der Waals surface area contributed by atoms with Gasteiger partial charge in [0.1, 0.15) is 5.60 Å². The molecule has 1 saturated heterocycles. The van der Waals surface area contributed by atoms with Crippen molar-refractivity contribution in [1.82, 2.24) is 4.90 Å². The zero-order chi connectivity index (χ0) is 14.0. The van der Waals surface area contributed by atoms with Crippen LogP contribution in [0.1, 0.15) is 30.4 Å². The molecule has 1 fully saturated rings. The van der Waals surface area contributed by atoms with Crippen LogP contribution in [-0.4, -0.2) is 41.2 Å². The van der Waals surface area contributed by atoms with Crippen molar-refractivity contribution in [2.75, 3.05) is 13.1 Å². The Hall–Kier alpha value is -1.01. The van der Waals surface area contributed by atoms with Crippen molar-refractivity contribution in [1.29, 1.82) is 0 Å². The molecule has 4 nitrogen and oxygen atoms in total. The van der Waals surface area contributed by atoms with Gasteiger partial charge in [0.05, 0.1) is 9.09 Å². The Balaban J connectivity index is 1.77. The largest absolute Gasteiger partial charge is 0.444 e. The Labute approximate surface area is 121 Å². The van der Waals surface area contributed by atoms with Crippen LogP contribution in [0.3, 0.4) is 0 Å². The molecule has 1 aliphatic rings. The number of hydrogen-bond acceptors (Lipinski definition) is 5. The summed E-state index contributed by atoms with van der Waals surface area (Å²) in [6, 6.07) is 3.78. The first kappa shape index (κ1) is 14.4. The van der Waals surface area contributed by atoms with Gasteiger partial charge in [0.15, 0.2) is 6.29 Å². The maximum absolute atomic E-state index is 11.7. The van der Waals surface area contributed by atoms with Crippen LogP contribution in [0.5, 0.6) is 0 Å². The van der Waals surface area contributed by atoms with E-state index in [9.17, 15) is 9.59 Å². The van der Waals surface area contributed by atoms with E-state index in [-0.39, 0.29) is 6.09 Å². The average Bonchev–Trinajstić information content (AvgIpc) is 2.67. The summed E-state index contributed by atoms with van der Waals surface area (Å²) >= 11 is 3.21. The molecule has 6 heteroatoms. The van der Waals surface area contributed by atoms with Gasteiger partial charge in [-0.25, -0.2) is 4.79 Å². The number of nitrogens with zero attached hydrogens (tertiary/aromatic N) is 1. The summed E-state index contributed by atoms with van der Waals surface area (Å²) in [5.74, 6) is 0. The molecule has 0 atom stereocenters. The van der Waals surface area contributed by atoms with Crippen LogP contribution in [0.2, 0.25) is 0 Å². The van der Waals surface area contributed by atoms with E-state index in [2.05, 4.69) is 0 Å². The summed E-state index contributed by atoms with van der Waals surface area (Å²) in [4.78, 5) is 24.8. The molecule has 0 unspecified atom stereocenters. The summed E-state index contributed by atoms with van der Waals surface area (Å²) in [7, 11) is 0. The number of rotatable bonds is 3. The fraction of sp³-hybridized carbons (Fsp3) is 0.538. The molecule has 0 N–H and O–H groups in total. The highest BCUT2D eigenvalue weighted by molar-refractivity contribution is 8.01. The van der Waals surface area contributed by atoms with E-state index >= 15 is 0 Å². The first-order valence-corrected chi connectivity index (χ1v) is 7.76. The van der Waals surface area contributed by atoms with Crippen LogP contribution in [-0.2, 0) is 4.74 Å². The molecule has 2 rings (SSSR count). The third-order valence-electron chi connectivity index (χ3n) is 2.50. The van der Waals surface area contributed by atoms with E-state index in [4.69, 9.17) is 4.74 Å². The van der Waals surface area contributed by atoms with E-state index in [0.717, 1.165) is 15.4 Å². The van der Waals surface area contributed by atoms with Crippen LogP contribution in [0, 0.1) is 0 Å². The van der Waals surface area contributed by atoms with Gasteiger partial charge in [0, 0.05) is 18.3 Å². The van der Waals surface area contributed by atoms with Gasteiger partial charge in [-0.3, -0.25) is 4.79 Å². The van der Waals surface area contributed by atoms with E-state index in [1.54, 1.807) is 16.7 Å². The first-order valence-electron chi connectivity index (χ1n) is 6.07. The van der Waals surface area contributed by atoms with Crippen molar-refractivity contribution in [3.8, 4) is 0 Å². The quantitative estimate of drug-likeness (QED) is 0.804. The highest BCUT2D eigenvalue weighted by Gasteiger charge is 2.34. The molecule has 1 amide bonds. The van der Waals surface area contributed by atoms with Crippen LogP contribution >= 0.6 is 23.1 Å². The molecular weight excluding hydrogens is 282 g/mol.